The lowest BCUT2D eigenvalue weighted by Crippen LogP contribution is -2.36. The highest BCUT2D eigenvalue weighted by molar-refractivity contribution is 5.90. The van der Waals surface area contributed by atoms with Gasteiger partial charge in [0.25, 0.3) is 0 Å². The fourth-order valence-electron chi connectivity index (χ4n) is 3.37. The van der Waals surface area contributed by atoms with Crippen molar-refractivity contribution in [1.29, 1.82) is 0 Å². The topological polar surface area (TPSA) is 114 Å². The van der Waals surface area contributed by atoms with E-state index in [2.05, 4.69) is 10.6 Å². The van der Waals surface area contributed by atoms with Gasteiger partial charge in [0.1, 0.15) is 17.9 Å². The molecule has 0 heterocycles. The Morgan fingerprint density at radius 3 is 2.29 bits per heavy atom. The molecule has 0 bridgehead atoms. The molecule has 2 amide bonds. The molecule has 0 radical (unpaired) electrons. The van der Waals surface area contributed by atoms with E-state index >= 15 is 0 Å². The number of nitrogens with one attached hydrogen (secondary N) is 2. The van der Waals surface area contributed by atoms with Crippen molar-refractivity contribution in [3.8, 4) is 0 Å². The van der Waals surface area contributed by atoms with Gasteiger partial charge in [0.2, 0.25) is 0 Å². The first-order chi connectivity index (χ1) is 14.6. The smallest absolute Gasteiger partial charge is 0.412 e. The van der Waals surface area contributed by atoms with E-state index in [1.165, 1.54) is 0 Å². The highest BCUT2D eigenvalue weighted by Gasteiger charge is 2.24. The van der Waals surface area contributed by atoms with Crippen LogP contribution in [0.15, 0.2) is 42.1 Å². The molecule has 1 aliphatic carbocycles. The highest BCUT2D eigenvalue weighted by Crippen LogP contribution is 2.30. The fraction of sp³-hybridized carbons (Fsp3) is 0.522. The molecule has 0 saturated heterocycles. The zero-order chi connectivity index (χ0) is 22.9. The second-order valence-electron chi connectivity index (χ2n) is 8.74. The van der Waals surface area contributed by atoms with E-state index in [1.807, 2.05) is 51.1 Å². The van der Waals surface area contributed by atoms with Crippen LogP contribution in [0, 0.1) is 11.8 Å². The van der Waals surface area contributed by atoms with Crippen LogP contribution in [0.5, 0.6) is 0 Å². The lowest BCUT2D eigenvalue weighted by molar-refractivity contribution is -0.133. The number of rotatable bonds is 7. The predicted octanol–water partition coefficient (Wildman–Crippen LogP) is 4.21. The van der Waals surface area contributed by atoms with Crippen molar-refractivity contribution in [1.82, 2.24) is 10.6 Å². The zero-order valence-electron chi connectivity index (χ0n) is 18.3. The summed E-state index contributed by atoms with van der Waals surface area (Å²) in [6.45, 7) is 6.04. The van der Waals surface area contributed by atoms with Crippen molar-refractivity contribution in [3.05, 3.63) is 47.7 Å². The number of carboxylic acids is 1. The van der Waals surface area contributed by atoms with Crippen molar-refractivity contribution in [2.24, 2.45) is 11.8 Å². The third-order valence-electron chi connectivity index (χ3n) is 4.91. The molecule has 1 aromatic rings. The molecule has 8 nitrogen and oxygen atoms in total. The number of ether oxygens (including phenoxy) is 2. The Bertz CT molecular complexity index is 777. The van der Waals surface area contributed by atoms with Crippen LogP contribution in [-0.4, -0.2) is 35.4 Å². The molecular weight excluding hydrogens is 400 g/mol. The third-order valence-corrected chi connectivity index (χ3v) is 4.91. The summed E-state index contributed by atoms with van der Waals surface area (Å²) in [5.74, 6) is -0.849. The lowest BCUT2D eigenvalue weighted by Gasteiger charge is -2.28. The molecule has 1 aromatic carbocycles. The number of allylic oxidation sites excluding steroid dienone is 1. The van der Waals surface area contributed by atoms with Gasteiger partial charge in [-0.1, -0.05) is 36.4 Å². The monoisotopic (exact) mass is 432 g/mol. The van der Waals surface area contributed by atoms with Crippen LogP contribution in [-0.2, 0) is 20.9 Å². The van der Waals surface area contributed by atoms with Crippen LogP contribution in [0.2, 0.25) is 0 Å². The van der Waals surface area contributed by atoms with E-state index in [1.54, 1.807) is 6.08 Å². The first-order valence-corrected chi connectivity index (χ1v) is 10.5. The second kappa shape index (κ2) is 11.4. The van der Waals surface area contributed by atoms with Gasteiger partial charge in [0, 0.05) is 6.54 Å². The Hall–Kier alpha value is -3.03. The summed E-state index contributed by atoms with van der Waals surface area (Å²) in [5, 5.41) is 14.6. The van der Waals surface area contributed by atoms with Gasteiger partial charge in [-0.3, -0.25) is 5.32 Å². The normalized spacial score (nSPS) is 19.3. The van der Waals surface area contributed by atoms with Gasteiger partial charge < -0.3 is 19.9 Å². The van der Waals surface area contributed by atoms with Gasteiger partial charge in [-0.2, -0.15) is 0 Å². The molecule has 2 rings (SSSR count). The summed E-state index contributed by atoms with van der Waals surface area (Å²) >= 11 is 0. The average molecular weight is 433 g/mol. The number of benzene rings is 1. The second-order valence-corrected chi connectivity index (χ2v) is 8.74. The van der Waals surface area contributed by atoms with E-state index in [4.69, 9.17) is 9.47 Å². The number of carbonyl (C=O) groups excluding carboxylic acids is 2. The molecule has 8 heteroatoms. The predicted molar refractivity (Wildman–Crippen MR) is 115 cm³/mol. The number of aliphatic carboxylic acids is 1. The molecular formula is C23H32N2O6. The van der Waals surface area contributed by atoms with Gasteiger partial charge in [0.15, 0.2) is 0 Å². The SMILES string of the molecule is CC(C)(C)OC(=O)NC[C@H]1CC[C@H](/C=C(/NC(=O)OCc2ccccc2)C(=O)O)CC1. The Balaban J connectivity index is 1.78. The number of alkyl carbamates (subject to hydrolysis) is 2. The maximum Gasteiger partial charge on any atom is 0.412 e. The molecule has 0 unspecified atom stereocenters. The number of hydrogen-bond acceptors (Lipinski definition) is 5. The summed E-state index contributed by atoms with van der Waals surface area (Å²) < 4.78 is 10.3. The van der Waals surface area contributed by atoms with Crippen LogP contribution >= 0.6 is 0 Å². The summed E-state index contributed by atoms with van der Waals surface area (Å²) in [6, 6.07) is 9.16. The molecule has 31 heavy (non-hydrogen) atoms. The number of amides is 2. The van der Waals surface area contributed by atoms with Gasteiger partial charge in [-0.25, -0.2) is 14.4 Å². The van der Waals surface area contributed by atoms with Gasteiger partial charge >= 0.3 is 18.2 Å². The van der Waals surface area contributed by atoms with Crippen molar-refractivity contribution < 1.29 is 29.0 Å². The van der Waals surface area contributed by atoms with Crippen molar-refractivity contribution in [2.75, 3.05) is 6.54 Å². The van der Waals surface area contributed by atoms with Gasteiger partial charge in [0.05, 0.1) is 0 Å². The minimum Gasteiger partial charge on any atom is -0.477 e. The zero-order valence-corrected chi connectivity index (χ0v) is 18.3. The van der Waals surface area contributed by atoms with E-state index in [0.717, 1.165) is 31.2 Å². The molecule has 1 aliphatic rings. The third kappa shape index (κ3) is 9.55. The molecule has 1 fully saturated rings. The molecule has 0 spiro atoms. The Kier molecular flexibility index (Phi) is 8.90. The summed E-state index contributed by atoms with van der Waals surface area (Å²) in [5.41, 5.74) is 0.111. The van der Waals surface area contributed by atoms with Gasteiger partial charge in [-0.15, -0.1) is 0 Å². The molecule has 3 N–H and O–H groups in total. The van der Waals surface area contributed by atoms with Gasteiger partial charge in [-0.05, 0) is 63.9 Å². The molecule has 170 valence electrons. The van der Waals surface area contributed by atoms with Crippen LogP contribution in [0.3, 0.4) is 0 Å². The Morgan fingerprint density at radius 2 is 1.71 bits per heavy atom. The van der Waals surface area contributed by atoms with Crippen LogP contribution < -0.4 is 10.6 Å². The molecule has 0 aromatic heterocycles. The summed E-state index contributed by atoms with van der Waals surface area (Å²) in [7, 11) is 0. The molecule has 1 saturated carbocycles. The van der Waals surface area contributed by atoms with E-state index in [0.29, 0.717) is 12.5 Å². The van der Waals surface area contributed by atoms with Crippen molar-refractivity contribution in [2.45, 2.75) is 58.7 Å². The summed E-state index contributed by atoms with van der Waals surface area (Å²) in [4.78, 5) is 35.3. The standard InChI is InChI=1S/C23H32N2O6/c1-23(2,3)31-21(28)24-14-17-11-9-16(10-12-17)13-19(20(26)27)25-22(29)30-15-18-7-5-4-6-8-18/h4-8,13,16-17H,9-12,14-15H2,1-3H3,(H,24,28)(H,25,29)(H,26,27)/b19-13+/t16-,17-. The number of carbonyl (C=O) groups is 3. The summed E-state index contributed by atoms with van der Waals surface area (Å²) in [6.07, 6.45) is 3.61. The van der Waals surface area contributed by atoms with E-state index < -0.39 is 23.8 Å². The minimum atomic E-state index is -1.20. The minimum absolute atomic E-state index is 0.0401. The van der Waals surface area contributed by atoms with Crippen LogP contribution in [0.1, 0.15) is 52.0 Å². The highest BCUT2D eigenvalue weighted by atomic mass is 16.6. The molecule has 0 atom stereocenters. The maximum atomic E-state index is 12.0. The van der Waals surface area contributed by atoms with Crippen LogP contribution in [0.25, 0.3) is 0 Å². The largest absolute Gasteiger partial charge is 0.477 e. The lowest BCUT2D eigenvalue weighted by atomic mass is 9.81. The fourth-order valence-corrected chi connectivity index (χ4v) is 3.37. The Morgan fingerprint density at radius 1 is 1.06 bits per heavy atom. The van der Waals surface area contributed by atoms with E-state index in [-0.39, 0.29) is 18.2 Å². The quantitative estimate of drug-likeness (QED) is 0.556. The first-order valence-electron chi connectivity index (χ1n) is 10.5. The van der Waals surface area contributed by atoms with Crippen molar-refractivity contribution >= 4 is 18.2 Å². The average Bonchev–Trinajstić information content (AvgIpc) is 2.70. The van der Waals surface area contributed by atoms with Crippen molar-refractivity contribution in [3.63, 3.8) is 0 Å². The van der Waals surface area contributed by atoms with Crippen LogP contribution in [0.4, 0.5) is 9.59 Å². The first kappa shape index (κ1) is 24.2. The van der Waals surface area contributed by atoms with E-state index in [9.17, 15) is 19.5 Å². The molecule has 0 aliphatic heterocycles. The Labute approximate surface area is 183 Å². The number of hydrogen-bond donors (Lipinski definition) is 3. The maximum absolute atomic E-state index is 12.0. The number of carboxylic acid groups (broad SMARTS) is 1.